The first kappa shape index (κ1) is 11.0. The van der Waals surface area contributed by atoms with Crippen molar-refractivity contribution in [3.05, 3.63) is 30.0 Å². The zero-order valence-electron chi connectivity index (χ0n) is 9.27. The minimum atomic E-state index is -3.02. The number of hydrogen-bond donors (Lipinski definition) is 1. The number of nitrogens with zero attached hydrogens (tertiary/aromatic N) is 1. The lowest BCUT2D eigenvalue weighted by Gasteiger charge is -2.02. The van der Waals surface area contributed by atoms with E-state index in [1.807, 2.05) is 35.9 Å². The number of aromatic nitrogens is 1. The first-order valence-corrected chi connectivity index (χ1v) is 6.95. The molecule has 0 unspecified atom stereocenters. The first-order valence-electron chi connectivity index (χ1n) is 4.89. The monoisotopic (exact) mass is 238 g/mol. The number of hydrogen-bond acceptors (Lipinski definition) is 3. The Morgan fingerprint density at radius 2 is 2.06 bits per heavy atom. The van der Waals surface area contributed by atoms with Crippen LogP contribution in [0.2, 0.25) is 0 Å². The Labute approximate surface area is 94.6 Å². The van der Waals surface area contributed by atoms with E-state index in [4.69, 9.17) is 5.73 Å². The standard InChI is InChI=1S/C11H14N2O2S/c1-13-8(7-16(2,14)15)6-9-10(12)4-3-5-11(9)13/h3-6H,7,12H2,1-2H3. The summed E-state index contributed by atoms with van der Waals surface area (Å²) in [6.07, 6.45) is 1.23. The summed E-state index contributed by atoms with van der Waals surface area (Å²) < 4.78 is 24.4. The molecular formula is C11H14N2O2S. The summed E-state index contributed by atoms with van der Waals surface area (Å²) in [7, 11) is -1.17. The van der Waals surface area contributed by atoms with Crippen molar-refractivity contribution >= 4 is 26.4 Å². The molecule has 0 saturated carbocycles. The van der Waals surface area contributed by atoms with E-state index in [0.29, 0.717) is 5.69 Å². The molecule has 5 heteroatoms. The van der Waals surface area contributed by atoms with Gasteiger partial charge in [0.05, 0.1) is 11.3 Å². The van der Waals surface area contributed by atoms with Gasteiger partial charge in [-0.1, -0.05) is 6.07 Å². The third-order valence-corrected chi connectivity index (χ3v) is 3.45. The highest BCUT2D eigenvalue weighted by atomic mass is 32.2. The van der Waals surface area contributed by atoms with Gasteiger partial charge in [0, 0.05) is 30.1 Å². The molecule has 0 aliphatic heterocycles. The number of nitrogens with two attached hydrogens (primary N) is 1. The molecule has 0 amide bonds. The number of fused-ring (bicyclic) bond motifs is 1. The van der Waals surface area contributed by atoms with Gasteiger partial charge in [0.25, 0.3) is 0 Å². The Morgan fingerprint density at radius 1 is 1.38 bits per heavy atom. The molecule has 0 bridgehead atoms. The fourth-order valence-corrected chi connectivity index (χ4v) is 2.66. The van der Waals surface area contributed by atoms with Crippen molar-refractivity contribution in [2.24, 2.45) is 7.05 Å². The Balaban J connectivity index is 2.65. The second kappa shape index (κ2) is 3.52. The van der Waals surface area contributed by atoms with Gasteiger partial charge in [0.2, 0.25) is 0 Å². The van der Waals surface area contributed by atoms with Gasteiger partial charge in [-0.05, 0) is 18.2 Å². The Hall–Kier alpha value is -1.49. The van der Waals surface area contributed by atoms with Crippen LogP contribution in [0, 0.1) is 0 Å². The second-order valence-electron chi connectivity index (χ2n) is 4.04. The van der Waals surface area contributed by atoms with Crippen LogP contribution in [-0.4, -0.2) is 19.2 Å². The van der Waals surface area contributed by atoms with Crippen molar-refractivity contribution < 1.29 is 8.42 Å². The van der Waals surface area contributed by atoms with Gasteiger partial charge in [0.15, 0.2) is 9.84 Å². The molecule has 1 aromatic carbocycles. The van der Waals surface area contributed by atoms with Crippen LogP contribution in [0.4, 0.5) is 5.69 Å². The molecule has 0 saturated heterocycles. The molecule has 2 rings (SSSR count). The highest BCUT2D eigenvalue weighted by Gasteiger charge is 2.12. The second-order valence-corrected chi connectivity index (χ2v) is 6.19. The molecule has 0 radical (unpaired) electrons. The summed E-state index contributed by atoms with van der Waals surface area (Å²) in [6.45, 7) is 0. The van der Waals surface area contributed by atoms with Crippen LogP contribution in [0.3, 0.4) is 0 Å². The lowest BCUT2D eigenvalue weighted by Crippen LogP contribution is -2.05. The summed E-state index contributed by atoms with van der Waals surface area (Å²) in [5.74, 6) is 0.0393. The van der Waals surface area contributed by atoms with Gasteiger partial charge < -0.3 is 10.3 Å². The summed E-state index contributed by atoms with van der Waals surface area (Å²) in [5.41, 5.74) is 8.23. The van der Waals surface area contributed by atoms with Crippen molar-refractivity contribution in [1.82, 2.24) is 4.57 Å². The van der Waals surface area contributed by atoms with Crippen LogP contribution in [0.15, 0.2) is 24.3 Å². The third-order valence-electron chi connectivity index (χ3n) is 2.63. The highest BCUT2D eigenvalue weighted by Crippen LogP contribution is 2.24. The molecule has 2 N–H and O–H groups in total. The summed E-state index contributed by atoms with van der Waals surface area (Å²) in [5, 5.41) is 0.906. The largest absolute Gasteiger partial charge is 0.398 e. The van der Waals surface area contributed by atoms with Crippen molar-refractivity contribution in [3.63, 3.8) is 0 Å². The Morgan fingerprint density at radius 3 is 2.62 bits per heavy atom. The van der Waals surface area contributed by atoms with E-state index in [1.54, 1.807) is 0 Å². The fraction of sp³-hybridized carbons (Fsp3) is 0.273. The maximum absolute atomic E-state index is 11.3. The maximum atomic E-state index is 11.3. The van der Waals surface area contributed by atoms with E-state index in [2.05, 4.69) is 0 Å². The van der Waals surface area contributed by atoms with Gasteiger partial charge in [0.1, 0.15) is 0 Å². The van der Waals surface area contributed by atoms with Gasteiger partial charge in [-0.3, -0.25) is 0 Å². The molecule has 86 valence electrons. The van der Waals surface area contributed by atoms with Crippen LogP contribution < -0.4 is 5.73 Å². The highest BCUT2D eigenvalue weighted by molar-refractivity contribution is 7.89. The van der Waals surface area contributed by atoms with Crippen LogP contribution in [0.25, 0.3) is 10.9 Å². The predicted octanol–water partition coefficient (Wildman–Crippen LogP) is 1.31. The van der Waals surface area contributed by atoms with Crippen LogP contribution in [0.5, 0.6) is 0 Å². The first-order chi connectivity index (χ1) is 7.38. The molecule has 16 heavy (non-hydrogen) atoms. The van der Waals surface area contributed by atoms with Crippen molar-refractivity contribution in [3.8, 4) is 0 Å². The zero-order valence-corrected chi connectivity index (χ0v) is 10.1. The number of nitrogen functional groups attached to an aromatic ring is 1. The van der Waals surface area contributed by atoms with E-state index >= 15 is 0 Å². The number of rotatable bonds is 2. The van der Waals surface area contributed by atoms with Crippen LogP contribution in [-0.2, 0) is 22.6 Å². The third kappa shape index (κ3) is 1.90. The average Bonchev–Trinajstić information content (AvgIpc) is 2.44. The SMILES string of the molecule is Cn1c(CS(C)(=O)=O)cc2c(N)cccc21. The molecule has 0 aliphatic rings. The van der Waals surface area contributed by atoms with E-state index in [-0.39, 0.29) is 5.75 Å². The summed E-state index contributed by atoms with van der Waals surface area (Å²) in [6, 6.07) is 7.44. The van der Waals surface area contributed by atoms with Crippen molar-refractivity contribution in [2.75, 3.05) is 12.0 Å². The van der Waals surface area contributed by atoms with Gasteiger partial charge in [-0.15, -0.1) is 0 Å². The summed E-state index contributed by atoms with van der Waals surface area (Å²) >= 11 is 0. The van der Waals surface area contributed by atoms with Crippen LogP contribution >= 0.6 is 0 Å². The van der Waals surface area contributed by atoms with Crippen molar-refractivity contribution in [2.45, 2.75) is 5.75 Å². The van der Waals surface area contributed by atoms with E-state index in [9.17, 15) is 8.42 Å². The number of benzene rings is 1. The maximum Gasteiger partial charge on any atom is 0.153 e. The van der Waals surface area contributed by atoms with E-state index in [1.165, 1.54) is 6.26 Å². The molecule has 1 heterocycles. The van der Waals surface area contributed by atoms with Gasteiger partial charge >= 0.3 is 0 Å². The zero-order chi connectivity index (χ0) is 11.9. The average molecular weight is 238 g/mol. The van der Waals surface area contributed by atoms with E-state index in [0.717, 1.165) is 16.6 Å². The minimum absolute atomic E-state index is 0.0393. The summed E-state index contributed by atoms with van der Waals surface area (Å²) in [4.78, 5) is 0. The molecule has 0 spiro atoms. The normalized spacial score (nSPS) is 12.1. The molecular weight excluding hydrogens is 224 g/mol. The predicted molar refractivity (Wildman–Crippen MR) is 65.9 cm³/mol. The smallest absolute Gasteiger partial charge is 0.153 e. The number of sulfone groups is 1. The Kier molecular flexibility index (Phi) is 2.42. The topological polar surface area (TPSA) is 65.1 Å². The van der Waals surface area contributed by atoms with Crippen LogP contribution in [0.1, 0.15) is 5.69 Å². The molecule has 0 aliphatic carbocycles. The van der Waals surface area contributed by atoms with Gasteiger partial charge in [-0.2, -0.15) is 0 Å². The Bertz CT molecular complexity index is 641. The molecule has 4 nitrogen and oxygen atoms in total. The minimum Gasteiger partial charge on any atom is -0.398 e. The lowest BCUT2D eigenvalue weighted by atomic mass is 10.2. The van der Waals surface area contributed by atoms with E-state index < -0.39 is 9.84 Å². The molecule has 0 fully saturated rings. The van der Waals surface area contributed by atoms with Crippen molar-refractivity contribution in [1.29, 1.82) is 0 Å². The number of anilines is 1. The molecule has 1 aromatic heterocycles. The fourth-order valence-electron chi connectivity index (χ4n) is 1.85. The quantitative estimate of drug-likeness (QED) is 0.802. The molecule has 2 aromatic rings. The molecule has 0 atom stereocenters. The van der Waals surface area contributed by atoms with Gasteiger partial charge in [-0.25, -0.2) is 8.42 Å². The number of aryl methyl sites for hydroxylation is 1. The lowest BCUT2D eigenvalue weighted by molar-refractivity contribution is 0.599.